The van der Waals surface area contributed by atoms with Crippen LogP contribution in [0.5, 0.6) is 0 Å². The quantitative estimate of drug-likeness (QED) is 0.681. The van der Waals surface area contributed by atoms with Gasteiger partial charge in [-0.05, 0) is 24.2 Å². The van der Waals surface area contributed by atoms with Crippen LogP contribution in [0.4, 0.5) is 0 Å². The first-order valence-electron chi connectivity index (χ1n) is 6.76. The molecule has 1 fully saturated rings. The third-order valence-electron chi connectivity index (χ3n) is 3.55. The van der Waals surface area contributed by atoms with E-state index >= 15 is 0 Å². The van der Waals surface area contributed by atoms with Crippen molar-refractivity contribution in [2.45, 2.75) is 60.3 Å². The number of hydrogen-bond donors (Lipinski definition) is 0. The Labute approximate surface area is 101 Å². The summed E-state index contributed by atoms with van der Waals surface area (Å²) in [4.78, 5) is 10.7. The molecule has 0 aromatic heterocycles. The van der Waals surface area contributed by atoms with Crippen LogP contribution in [0.1, 0.15) is 60.3 Å². The van der Waals surface area contributed by atoms with E-state index in [-0.39, 0.29) is 5.97 Å². The van der Waals surface area contributed by atoms with E-state index in [4.69, 9.17) is 4.74 Å². The summed E-state index contributed by atoms with van der Waals surface area (Å²) >= 11 is 0. The fourth-order valence-electron chi connectivity index (χ4n) is 2.34. The first-order valence-corrected chi connectivity index (χ1v) is 6.76. The second-order valence-corrected chi connectivity index (χ2v) is 4.63. The molecule has 0 aromatic rings. The van der Waals surface area contributed by atoms with Gasteiger partial charge in [-0.2, -0.15) is 0 Å². The maximum Gasteiger partial charge on any atom is 0.302 e. The lowest BCUT2D eigenvalue weighted by Gasteiger charge is -2.33. The second-order valence-electron chi connectivity index (χ2n) is 4.63. The van der Waals surface area contributed by atoms with E-state index in [0.29, 0.717) is 12.5 Å². The van der Waals surface area contributed by atoms with Gasteiger partial charge in [0, 0.05) is 6.92 Å². The highest BCUT2D eigenvalue weighted by Crippen LogP contribution is 2.35. The molecule has 16 heavy (non-hydrogen) atoms. The third kappa shape index (κ3) is 5.53. The molecule has 1 aliphatic rings. The summed E-state index contributed by atoms with van der Waals surface area (Å²) < 4.78 is 5.11. The van der Waals surface area contributed by atoms with Crippen LogP contribution >= 0.6 is 0 Å². The molecule has 1 rings (SSSR count). The Morgan fingerprint density at radius 2 is 1.94 bits per heavy atom. The molecule has 2 nitrogen and oxygen atoms in total. The molecule has 0 N–H and O–H groups in total. The number of carbonyl (C=O) groups is 1. The topological polar surface area (TPSA) is 26.3 Å². The minimum Gasteiger partial charge on any atom is -0.466 e. The zero-order valence-corrected chi connectivity index (χ0v) is 11.6. The Balaban J connectivity index is 0.00000106. The second kappa shape index (κ2) is 8.60. The molecule has 0 spiro atoms. The molecule has 1 unspecified atom stereocenters. The molecule has 0 aliphatic heterocycles. The predicted octanol–water partition coefficient (Wildman–Crippen LogP) is 4.04. The molecule has 96 valence electrons. The molecule has 0 aromatic carbocycles. The minimum absolute atomic E-state index is 0.143. The van der Waals surface area contributed by atoms with Crippen LogP contribution in [0.25, 0.3) is 0 Å². The fraction of sp³-hybridized carbons (Fsp3) is 0.929. The normalized spacial score (nSPS) is 28.9. The average Bonchev–Trinajstić information content (AvgIpc) is 2.30. The number of esters is 1. The van der Waals surface area contributed by atoms with Crippen molar-refractivity contribution in [3.63, 3.8) is 0 Å². The van der Waals surface area contributed by atoms with E-state index < -0.39 is 0 Å². The molecule has 0 bridgehead atoms. The van der Waals surface area contributed by atoms with Gasteiger partial charge in [0.15, 0.2) is 0 Å². The van der Waals surface area contributed by atoms with Crippen LogP contribution in [0, 0.1) is 17.8 Å². The zero-order valence-electron chi connectivity index (χ0n) is 11.6. The summed E-state index contributed by atoms with van der Waals surface area (Å²) in [5, 5.41) is 0. The van der Waals surface area contributed by atoms with Gasteiger partial charge in [-0.1, -0.05) is 47.0 Å². The van der Waals surface area contributed by atoms with Gasteiger partial charge in [0.1, 0.15) is 0 Å². The average molecular weight is 228 g/mol. The Kier molecular flexibility index (Phi) is 8.32. The molecule has 2 heteroatoms. The smallest absolute Gasteiger partial charge is 0.302 e. The number of ether oxygens (including phenoxy) is 1. The van der Waals surface area contributed by atoms with E-state index in [1.165, 1.54) is 32.6 Å². The van der Waals surface area contributed by atoms with Crippen molar-refractivity contribution < 1.29 is 9.53 Å². The van der Waals surface area contributed by atoms with Gasteiger partial charge in [-0.3, -0.25) is 4.79 Å². The van der Waals surface area contributed by atoms with Gasteiger partial charge < -0.3 is 4.74 Å². The van der Waals surface area contributed by atoms with Crippen LogP contribution < -0.4 is 0 Å². The molecule has 0 saturated heterocycles. The highest BCUT2D eigenvalue weighted by atomic mass is 16.5. The lowest BCUT2D eigenvalue weighted by atomic mass is 9.74. The van der Waals surface area contributed by atoms with Gasteiger partial charge in [0.25, 0.3) is 0 Å². The van der Waals surface area contributed by atoms with E-state index in [0.717, 1.165) is 11.8 Å². The minimum atomic E-state index is -0.143. The van der Waals surface area contributed by atoms with E-state index in [9.17, 15) is 4.79 Å². The van der Waals surface area contributed by atoms with Crippen molar-refractivity contribution in [2.75, 3.05) is 6.61 Å². The maximum absolute atomic E-state index is 10.7. The number of hydrogen-bond acceptors (Lipinski definition) is 2. The summed E-state index contributed by atoms with van der Waals surface area (Å²) in [6.07, 6.45) is 5.16. The SMILES string of the molecule is CC.CC[C@@H]1CC[C@H](C)C(COC(C)=O)C1. The van der Waals surface area contributed by atoms with Crippen LogP contribution in [-0.2, 0) is 9.53 Å². The highest BCUT2D eigenvalue weighted by molar-refractivity contribution is 5.65. The van der Waals surface area contributed by atoms with Gasteiger partial charge in [0.05, 0.1) is 6.61 Å². The molecule has 0 radical (unpaired) electrons. The molecule has 1 saturated carbocycles. The van der Waals surface area contributed by atoms with Crippen LogP contribution in [0.2, 0.25) is 0 Å². The summed E-state index contributed by atoms with van der Waals surface area (Å²) in [6.45, 7) is 10.7. The van der Waals surface area contributed by atoms with Gasteiger partial charge in [-0.25, -0.2) is 0 Å². The van der Waals surface area contributed by atoms with Crippen molar-refractivity contribution in [2.24, 2.45) is 17.8 Å². The van der Waals surface area contributed by atoms with E-state index in [1.807, 2.05) is 13.8 Å². The zero-order chi connectivity index (χ0) is 12.6. The standard InChI is InChI=1S/C12H22O2.C2H6/c1-4-11-6-5-9(2)12(7-11)8-14-10(3)13;1-2/h9,11-12H,4-8H2,1-3H3;1-2H3/t9-,11+,12?;/m0./s1. The fourth-order valence-corrected chi connectivity index (χ4v) is 2.34. The highest BCUT2D eigenvalue weighted by Gasteiger charge is 2.27. The van der Waals surface area contributed by atoms with Crippen molar-refractivity contribution in [3.8, 4) is 0 Å². The predicted molar refractivity (Wildman–Crippen MR) is 68.3 cm³/mol. The molecular weight excluding hydrogens is 200 g/mol. The van der Waals surface area contributed by atoms with Crippen molar-refractivity contribution in [1.29, 1.82) is 0 Å². The molecule has 0 amide bonds. The third-order valence-corrected chi connectivity index (χ3v) is 3.55. The summed E-state index contributed by atoms with van der Waals surface area (Å²) in [5.74, 6) is 2.03. The molecule has 3 atom stereocenters. The molecular formula is C14H28O2. The Morgan fingerprint density at radius 3 is 2.44 bits per heavy atom. The van der Waals surface area contributed by atoms with Crippen molar-refractivity contribution >= 4 is 5.97 Å². The Hall–Kier alpha value is -0.530. The maximum atomic E-state index is 10.7. The Bertz CT molecular complexity index is 189. The Morgan fingerprint density at radius 1 is 1.31 bits per heavy atom. The lowest BCUT2D eigenvalue weighted by molar-refractivity contribution is -0.143. The van der Waals surface area contributed by atoms with Crippen LogP contribution in [0.15, 0.2) is 0 Å². The summed E-state index contributed by atoms with van der Waals surface area (Å²) in [5.41, 5.74) is 0. The number of rotatable bonds is 3. The van der Waals surface area contributed by atoms with E-state index in [1.54, 1.807) is 0 Å². The first kappa shape index (κ1) is 15.5. The van der Waals surface area contributed by atoms with Gasteiger partial charge >= 0.3 is 5.97 Å². The largest absolute Gasteiger partial charge is 0.466 e. The lowest BCUT2D eigenvalue weighted by Crippen LogP contribution is -2.27. The van der Waals surface area contributed by atoms with Crippen LogP contribution in [0.3, 0.4) is 0 Å². The number of carbonyl (C=O) groups excluding carboxylic acids is 1. The van der Waals surface area contributed by atoms with Gasteiger partial charge in [-0.15, -0.1) is 0 Å². The first-order chi connectivity index (χ1) is 7.63. The molecule has 0 heterocycles. The monoisotopic (exact) mass is 228 g/mol. The van der Waals surface area contributed by atoms with Gasteiger partial charge in [0.2, 0.25) is 0 Å². The summed E-state index contributed by atoms with van der Waals surface area (Å²) in [6, 6.07) is 0. The summed E-state index contributed by atoms with van der Waals surface area (Å²) in [7, 11) is 0. The van der Waals surface area contributed by atoms with Crippen LogP contribution in [-0.4, -0.2) is 12.6 Å². The van der Waals surface area contributed by atoms with Crippen molar-refractivity contribution in [3.05, 3.63) is 0 Å². The van der Waals surface area contributed by atoms with Crippen molar-refractivity contribution in [1.82, 2.24) is 0 Å². The van der Waals surface area contributed by atoms with E-state index in [2.05, 4.69) is 13.8 Å². The molecule has 1 aliphatic carbocycles.